The molecule has 0 spiro atoms. The molecule has 0 saturated heterocycles. The fourth-order valence-electron chi connectivity index (χ4n) is 5.41. The fraction of sp³-hybridized carbons (Fsp3) is 0.778. The maximum Gasteiger partial charge on any atom is 0.0136 e. The van der Waals surface area contributed by atoms with E-state index in [4.69, 9.17) is 0 Å². The van der Waals surface area contributed by atoms with Gasteiger partial charge in [0.05, 0.1) is 0 Å². The number of nitrogens with one attached hydrogen (secondary N) is 1. The lowest BCUT2D eigenvalue weighted by atomic mass is 9.76. The van der Waals surface area contributed by atoms with Crippen molar-refractivity contribution in [3.05, 3.63) is 21.9 Å². The molecule has 2 saturated carbocycles. The van der Waals surface area contributed by atoms with Crippen molar-refractivity contribution in [3.63, 3.8) is 0 Å². The van der Waals surface area contributed by atoms with Crippen LogP contribution in [0.1, 0.15) is 61.3 Å². The van der Waals surface area contributed by atoms with Gasteiger partial charge in [0.15, 0.2) is 0 Å². The molecule has 1 nitrogen and oxygen atoms in total. The first-order chi connectivity index (χ1) is 9.85. The van der Waals surface area contributed by atoms with Gasteiger partial charge in [-0.3, -0.25) is 0 Å². The first-order valence-electron chi connectivity index (χ1n) is 8.58. The highest BCUT2D eigenvalue weighted by atomic mass is 32.1. The van der Waals surface area contributed by atoms with Gasteiger partial charge in [-0.1, -0.05) is 6.42 Å². The molecule has 3 aliphatic carbocycles. The molecule has 1 heterocycles. The minimum Gasteiger partial charge on any atom is -0.316 e. The molecule has 4 rings (SSSR count). The number of likely N-dealkylation sites (N-methyl/N-ethyl adjacent to an activating group) is 1. The molecule has 0 amide bonds. The Morgan fingerprint density at radius 1 is 1.30 bits per heavy atom. The second-order valence-electron chi connectivity index (χ2n) is 7.36. The Morgan fingerprint density at radius 2 is 2.25 bits per heavy atom. The number of rotatable bonds is 4. The minimum atomic E-state index is 0.716. The summed E-state index contributed by atoms with van der Waals surface area (Å²) in [6, 6.07) is 3.13. The highest BCUT2D eigenvalue weighted by Gasteiger charge is 2.41. The number of aryl methyl sites for hydroxylation is 1. The molecule has 2 fully saturated rings. The predicted molar refractivity (Wildman–Crippen MR) is 86.4 cm³/mol. The second kappa shape index (κ2) is 5.46. The molecule has 5 atom stereocenters. The average molecular weight is 289 g/mol. The van der Waals surface area contributed by atoms with Gasteiger partial charge in [0.2, 0.25) is 0 Å². The van der Waals surface area contributed by atoms with Gasteiger partial charge in [-0.25, -0.2) is 0 Å². The van der Waals surface area contributed by atoms with Crippen LogP contribution < -0.4 is 5.32 Å². The molecular weight excluding hydrogens is 262 g/mol. The van der Waals surface area contributed by atoms with Gasteiger partial charge in [-0.15, -0.1) is 11.3 Å². The molecule has 0 aliphatic heterocycles. The second-order valence-corrected chi connectivity index (χ2v) is 8.36. The molecule has 5 unspecified atom stereocenters. The van der Waals surface area contributed by atoms with E-state index in [2.05, 4.69) is 23.8 Å². The Kier molecular flexibility index (Phi) is 3.64. The molecule has 110 valence electrons. The number of thiophene rings is 1. The van der Waals surface area contributed by atoms with E-state index in [-0.39, 0.29) is 0 Å². The number of hydrogen-bond donors (Lipinski definition) is 1. The first kappa shape index (κ1) is 13.3. The van der Waals surface area contributed by atoms with Crippen LogP contribution in [0.3, 0.4) is 0 Å². The lowest BCUT2D eigenvalue weighted by molar-refractivity contribution is 0.259. The fourth-order valence-corrected chi connectivity index (χ4v) is 6.41. The molecular formula is C18H27NS. The smallest absolute Gasteiger partial charge is 0.0136 e. The van der Waals surface area contributed by atoms with E-state index in [1.54, 1.807) is 16.9 Å². The van der Waals surface area contributed by atoms with Crippen molar-refractivity contribution >= 4 is 11.3 Å². The summed E-state index contributed by atoms with van der Waals surface area (Å²) >= 11 is 1.98. The number of fused-ring (bicyclic) bond motifs is 3. The molecule has 1 N–H and O–H groups in total. The highest BCUT2D eigenvalue weighted by molar-refractivity contribution is 7.10. The van der Waals surface area contributed by atoms with E-state index in [1.165, 1.54) is 44.9 Å². The summed E-state index contributed by atoms with van der Waals surface area (Å²) in [6.45, 7) is 0. The van der Waals surface area contributed by atoms with Crippen molar-refractivity contribution in [3.8, 4) is 0 Å². The van der Waals surface area contributed by atoms with E-state index < -0.39 is 0 Å². The van der Waals surface area contributed by atoms with Crippen LogP contribution in [-0.2, 0) is 6.42 Å². The van der Waals surface area contributed by atoms with Crippen LogP contribution in [0.5, 0.6) is 0 Å². The molecule has 1 aromatic heterocycles. The summed E-state index contributed by atoms with van der Waals surface area (Å²) in [5.74, 6) is 3.97. The van der Waals surface area contributed by atoms with Crippen LogP contribution in [-0.4, -0.2) is 13.1 Å². The van der Waals surface area contributed by atoms with Crippen LogP contribution in [0, 0.1) is 17.8 Å². The third-order valence-electron chi connectivity index (χ3n) is 6.40. The third kappa shape index (κ3) is 2.25. The summed E-state index contributed by atoms with van der Waals surface area (Å²) in [4.78, 5) is 1.68. The van der Waals surface area contributed by atoms with Crippen LogP contribution >= 0.6 is 11.3 Å². The van der Waals surface area contributed by atoms with Crippen molar-refractivity contribution in [2.45, 2.75) is 63.3 Å². The Labute approximate surface area is 127 Å². The standard InChI is InChI=1S/C18H27NS/c1-19-17(11-14-10-12-5-6-13(14)9-12)15-3-2-4-18-16(15)7-8-20-18/h7-8,12-15,17,19H,2-6,9-11H2,1H3. The summed E-state index contributed by atoms with van der Waals surface area (Å²) in [5.41, 5.74) is 1.68. The molecule has 0 radical (unpaired) electrons. The zero-order valence-electron chi connectivity index (χ0n) is 12.6. The number of hydrogen-bond acceptors (Lipinski definition) is 2. The molecule has 20 heavy (non-hydrogen) atoms. The summed E-state index contributed by atoms with van der Waals surface area (Å²) in [5, 5.41) is 6.01. The quantitative estimate of drug-likeness (QED) is 0.855. The van der Waals surface area contributed by atoms with Gasteiger partial charge in [0.1, 0.15) is 0 Å². The van der Waals surface area contributed by atoms with E-state index in [0.717, 1.165) is 23.7 Å². The predicted octanol–water partition coefficient (Wildman–Crippen LogP) is 4.58. The van der Waals surface area contributed by atoms with Crippen molar-refractivity contribution in [1.29, 1.82) is 0 Å². The summed E-state index contributed by atoms with van der Waals surface area (Å²) < 4.78 is 0. The molecule has 1 aromatic rings. The van der Waals surface area contributed by atoms with Gasteiger partial charge < -0.3 is 5.32 Å². The van der Waals surface area contributed by atoms with Crippen LogP contribution in [0.4, 0.5) is 0 Å². The summed E-state index contributed by atoms with van der Waals surface area (Å²) in [7, 11) is 2.19. The molecule has 2 heteroatoms. The lowest BCUT2D eigenvalue weighted by Crippen LogP contribution is -2.36. The van der Waals surface area contributed by atoms with Crippen molar-refractivity contribution in [2.24, 2.45) is 17.8 Å². The van der Waals surface area contributed by atoms with Crippen LogP contribution in [0.25, 0.3) is 0 Å². The monoisotopic (exact) mass is 289 g/mol. The minimum absolute atomic E-state index is 0.716. The maximum atomic E-state index is 3.69. The van der Waals surface area contributed by atoms with Crippen molar-refractivity contribution in [2.75, 3.05) is 7.05 Å². The van der Waals surface area contributed by atoms with Crippen molar-refractivity contribution < 1.29 is 0 Å². The lowest BCUT2D eigenvalue weighted by Gasteiger charge is -2.34. The van der Waals surface area contributed by atoms with Crippen molar-refractivity contribution in [1.82, 2.24) is 5.32 Å². The topological polar surface area (TPSA) is 12.0 Å². The van der Waals surface area contributed by atoms with Gasteiger partial charge in [-0.05, 0) is 86.8 Å². The average Bonchev–Trinajstić information content (AvgIpc) is 3.19. The molecule has 2 bridgehead atoms. The van der Waals surface area contributed by atoms with E-state index in [0.29, 0.717) is 6.04 Å². The molecule has 0 aromatic carbocycles. The summed E-state index contributed by atoms with van der Waals surface area (Å²) in [6.07, 6.45) is 11.7. The first-order valence-corrected chi connectivity index (χ1v) is 9.46. The Morgan fingerprint density at radius 3 is 3.00 bits per heavy atom. The maximum absolute atomic E-state index is 3.69. The van der Waals surface area contributed by atoms with Gasteiger partial charge in [-0.2, -0.15) is 0 Å². The van der Waals surface area contributed by atoms with Gasteiger partial charge in [0, 0.05) is 16.8 Å². The highest BCUT2D eigenvalue weighted by Crippen LogP contribution is 2.51. The Hall–Kier alpha value is -0.340. The van der Waals surface area contributed by atoms with E-state index in [9.17, 15) is 0 Å². The third-order valence-corrected chi connectivity index (χ3v) is 7.39. The van der Waals surface area contributed by atoms with Gasteiger partial charge >= 0.3 is 0 Å². The zero-order valence-corrected chi connectivity index (χ0v) is 13.4. The normalized spacial score (nSPS) is 37.0. The largest absolute Gasteiger partial charge is 0.316 e. The van der Waals surface area contributed by atoms with Crippen LogP contribution in [0.15, 0.2) is 11.4 Å². The zero-order chi connectivity index (χ0) is 13.5. The van der Waals surface area contributed by atoms with E-state index in [1.807, 2.05) is 11.3 Å². The SMILES string of the molecule is CNC(CC1CC2CCC1C2)C1CCCc2sccc21. The Balaban J connectivity index is 1.49. The van der Waals surface area contributed by atoms with Gasteiger partial charge in [0.25, 0.3) is 0 Å². The molecule has 3 aliphatic rings. The van der Waals surface area contributed by atoms with Crippen LogP contribution in [0.2, 0.25) is 0 Å². The van der Waals surface area contributed by atoms with E-state index >= 15 is 0 Å². The Bertz CT molecular complexity index is 466.